The van der Waals surface area contributed by atoms with E-state index < -0.39 is 9.73 Å². The van der Waals surface area contributed by atoms with Crippen molar-refractivity contribution in [1.82, 2.24) is 4.90 Å². The molecule has 0 saturated carbocycles. The van der Waals surface area contributed by atoms with Crippen LogP contribution >= 0.6 is 12.8 Å². The van der Waals surface area contributed by atoms with Crippen molar-refractivity contribution in [2.45, 2.75) is 12.5 Å². The Labute approximate surface area is 73.9 Å². The van der Waals surface area contributed by atoms with Gasteiger partial charge < -0.3 is 4.90 Å². The minimum absolute atomic E-state index is 0.429. The van der Waals surface area contributed by atoms with Crippen LogP contribution in [0.5, 0.6) is 0 Å². The smallest absolute Gasteiger partial charge is 0.0595 e. The Bertz CT molecular complexity index is 243. The summed E-state index contributed by atoms with van der Waals surface area (Å²) in [5.41, 5.74) is 0. The molecule has 1 saturated heterocycles. The fraction of sp³-hybridized carbons (Fsp3) is 1.00. The van der Waals surface area contributed by atoms with Crippen LogP contribution in [0.4, 0.5) is 0 Å². The summed E-state index contributed by atoms with van der Waals surface area (Å²) in [6.07, 6.45) is 0.982. The molecule has 0 spiro atoms. The average Bonchev–Trinajstić information content (AvgIpc) is 2.33. The largest absolute Gasteiger partial charge is 0.305 e. The Morgan fingerprint density at radius 3 is 2.55 bits per heavy atom. The van der Waals surface area contributed by atoms with Crippen molar-refractivity contribution in [1.29, 1.82) is 0 Å². The summed E-state index contributed by atoms with van der Waals surface area (Å²) in [6, 6.07) is 0.429. The van der Waals surface area contributed by atoms with Gasteiger partial charge in [-0.05, 0) is 33.3 Å². The molecule has 1 heterocycles. The van der Waals surface area contributed by atoms with Crippen molar-refractivity contribution in [3.63, 3.8) is 0 Å². The zero-order chi connectivity index (χ0) is 8.48. The molecule has 5 heteroatoms. The summed E-state index contributed by atoms with van der Waals surface area (Å²) < 4.78 is 15.2. The molecule has 11 heavy (non-hydrogen) atoms. The van der Waals surface area contributed by atoms with Crippen molar-refractivity contribution in [2.75, 3.05) is 25.6 Å². The molecule has 0 aliphatic carbocycles. The maximum Gasteiger partial charge on any atom is 0.0595 e. The van der Waals surface area contributed by atoms with Gasteiger partial charge in [0.15, 0.2) is 0 Å². The number of nitrogens with zero attached hydrogens (tertiary/aromatic N) is 2. The van der Waals surface area contributed by atoms with Crippen LogP contribution in [0.3, 0.4) is 0 Å². The lowest BCUT2D eigenvalue weighted by Crippen LogP contribution is -2.28. The van der Waals surface area contributed by atoms with E-state index in [9.17, 15) is 4.21 Å². The first-order valence-corrected chi connectivity index (χ1v) is 5.85. The molecule has 0 N–H and O–H groups in total. The highest BCUT2D eigenvalue weighted by Crippen LogP contribution is 2.18. The molecular formula is C6H14N2OS2. The molecule has 0 amide bonds. The summed E-state index contributed by atoms with van der Waals surface area (Å²) in [6.45, 7) is 0. The molecule has 0 aromatic carbocycles. The number of rotatable bonds is 1. The van der Waals surface area contributed by atoms with Crippen LogP contribution in [0.2, 0.25) is 0 Å². The van der Waals surface area contributed by atoms with E-state index in [1.54, 1.807) is 0 Å². The molecule has 0 radical (unpaired) electrons. The van der Waals surface area contributed by atoms with E-state index in [2.05, 4.69) is 21.5 Å². The minimum atomic E-state index is -1.94. The molecule has 1 fully saturated rings. The fourth-order valence-corrected chi connectivity index (χ4v) is 3.74. The predicted octanol–water partition coefficient (Wildman–Crippen LogP) is 0.633. The number of hydrogen-bond donors (Lipinski definition) is 1. The van der Waals surface area contributed by atoms with Crippen LogP contribution in [0.25, 0.3) is 0 Å². The zero-order valence-electron chi connectivity index (χ0n) is 6.86. The highest BCUT2D eigenvalue weighted by Gasteiger charge is 2.27. The maximum atomic E-state index is 11.6. The quantitative estimate of drug-likeness (QED) is 0.621. The van der Waals surface area contributed by atoms with Crippen LogP contribution in [0, 0.1) is 0 Å². The average molecular weight is 194 g/mol. The lowest BCUT2D eigenvalue weighted by Gasteiger charge is -2.16. The van der Waals surface area contributed by atoms with Crippen molar-refractivity contribution < 1.29 is 4.21 Å². The van der Waals surface area contributed by atoms with Crippen LogP contribution in [-0.2, 0) is 9.73 Å². The van der Waals surface area contributed by atoms with Gasteiger partial charge in [0, 0.05) is 17.5 Å². The van der Waals surface area contributed by atoms with E-state index in [-0.39, 0.29) is 0 Å². The van der Waals surface area contributed by atoms with Crippen LogP contribution in [0.1, 0.15) is 6.42 Å². The van der Waals surface area contributed by atoms with Gasteiger partial charge in [0.2, 0.25) is 0 Å². The molecule has 1 aliphatic rings. The Balaban J connectivity index is 2.69. The SMILES string of the molecule is CN(C)[C@H]1CCS(=O)(=NS)C1. The lowest BCUT2D eigenvalue weighted by molar-refractivity contribution is 0.320. The van der Waals surface area contributed by atoms with E-state index in [0.29, 0.717) is 17.5 Å². The first-order chi connectivity index (χ1) is 5.07. The van der Waals surface area contributed by atoms with Gasteiger partial charge in [0.1, 0.15) is 0 Å². The van der Waals surface area contributed by atoms with Gasteiger partial charge in [-0.1, -0.05) is 0 Å². The minimum Gasteiger partial charge on any atom is -0.305 e. The van der Waals surface area contributed by atoms with Crippen LogP contribution in [0.15, 0.2) is 3.77 Å². The summed E-state index contributed by atoms with van der Waals surface area (Å²) in [7, 11) is 2.08. The topological polar surface area (TPSA) is 32.7 Å². The summed E-state index contributed by atoms with van der Waals surface area (Å²) in [5, 5.41) is 0. The lowest BCUT2D eigenvalue weighted by atomic mass is 10.2. The normalized spacial score (nSPS) is 38.0. The van der Waals surface area contributed by atoms with Gasteiger partial charge in [-0.15, -0.1) is 0 Å². The second-order valence-corrected chi connectivity index (χ2v) is 6.07. The Kier molecular flexibility index (Phi) is 2.83. The highest BCUT2D eigenvalue weighted by atomic mass is 32.2. The van der Waals surface area contributed by atoms with Crippen molar-refractivity contribution >= 4 is 22.5 Å². The Hall–Kier alpha value is 0.260. The second-order valence-electron chi connectivity index (χ2n) is 3.13. The van der Waals surface area contributed by atoms with Crippen LogP contribution in [-0.4, -0.2) is 40.8 Å². The van der Waals surface area contributed by atoms with Crippen molar-refractivity contribution in [2.24, 2.45) is 3.77 Å². The molecule has 3 nitrogen and oxygen atoms in total. The third kappa shape index (κ3) is 2.10. The number of thiol groups is 1. The van der Waals surface area contributed by atoms with E-state index >= 15 is 0 Å². The van der Waals surface area contributed by atoms with Gasteiger partial charge >= 0.3 is 0 Å². The highest BCUT2D eigenvalue weighted by molar-refractivity contribution is 8.00. The van der Waals surface area contributed by atoms with Crippen LogP contribution < -0.4 is 0 Å². The summed E-state index contributed by atoms with van der Waals surface area (Å²) in [5.74, 6) is 1.39. The molecule has 0 aromatic rings. The van der Waals surface area contributed by atoms with Gasteiger partial charge in [-0.2, -0.15) is 3.77 Å². The predicted molar refractivity (Wildman–Crippen MR) is 51.4 cm³/mol. The van der Waals surface area contributed by atoms with Crippen molar-refractivity contribution in [3.05, 3.63) is 0 Å². The second kappa shape index (κ2) is 3.33. The first kappa shape index (κ1) is 9.35. The van der Waals surface area contributed by atoms with Crippen molar-refractivity contribution in [3.8, 4) is 0 Å². The first-order valence-electron chi connectivity index (χ1n) is 3.60. The monoisotopic (exact) mass is 194 g/mol. The van der Waals surface area contributed by atoms with Gasteiger partial charge in [0.25, 0.3) is 0 Å². The molecule has 1 aliphatic heterocycles. The van der Waals surface area contributed by atoms with Gasteiger partial charge in [-0.25, -0.2) is 4.21 Å². The maximum absolute atomic E-state index is 11.6. The van der Waals surface area contributed by atoms with Gasteiger partial charge in [-0.3, -0.25) is 0 Å². The molecule has 0 aromatic heterocycles. The third-order valence-corrected chi connectivity index (χ3v) is 5.07. The molecule has 1 rings (SSSR count). The molecule has 0 bridgehead atoms. The molecular weight excluding hydrogens is 180 g/mol. The van der Waals surface area contributed by atoms with E-state index in [1.165, 1.54) is 0 Å². The Morgan fingerprint density at radius 1 is 1.64 bits per heavy atom. The standard InChI is InChI=1S/C6H14N2OS2/c1-8(2)6-3-4-11(9,5-6)7-10/h6,10H,3-5H2,1-2H3/t6-,11?/m0/s1. The molecule has 2 atom stereocenters. The zero-order valence-corrected chi connectivity index (χ0v) is 8.57. The van der Waals surface area contributed by atoms with E-state index in [0.717, 1.165) is 6.42 Å². The van der Waals surface area contributed by atoms with Gasteiger partial charge in [0.05, 0.1) is 9.73 Å². The van der Waals surface area contributed by atoms with E-state index in [4.69, 9.17) is 0 Å². The number of hydrogen-bond acceptors (Lipinski definition) is 3. The molecule has 66 valence electrons. The fourth-order valence-electron chi connectivity index (χ4n) is 1.27. The Morgan fingerprint density at radius 2 is 2.27 bits per heavy atom. The molecule has 1 unspecified atom stereocenters. The van der Waals surface area contributed by atoms with E-state index in [1.807, 2.05) is 14.1 Å². The summed E-state index contributed by atoms with van der Waals surface area (Å²) >= 11 is 3.74. The third-order valence-electron chi connectivity index (χ3n) is 2.10. The summed E-state index contributed by atoms with van der Waals surface area (Å²) in [4.78, 5) is 2.10.